The number of ether oxygens (including phenoxy) is 9. The number of aliphatic hydroxyl groups is 1. The lowest BCUT2D eigenvalue weighted by molar-refractivity contribution is -0.336. The summed E-state index contributed by atoms with van der Waals surface area (Å²) in [6, 6.07) is 57.2. The number of rotatable bonds is 37. The van der Waals surface area contributed by atoms with Crippen molar-refractivity contribution < 1.29 is 52.5 Å². The molecule has 0 aromatic heterocycles. The quantitative estimate of drug-likeness (QED) is 0.0129. The van der Waals surface area contributed by atoms with E-state index in [9.17, 15) is 15.4 Å². The fourth-order valence-electron chi connectivity index (χ4n) is 11.1. The Morgan fingerprint density at radius 1 is 0.452 bits per heavy atom. The lowest BCUT2D eigenvalue weighted by Gasteiger charge is -2.50. The molecule has 0 radical (unpaired) electrons. The van der Waals surface area contributed by atoms with Crippen molar-refractivity contribution in [2.75, 3.05) is 6.61 Å². The number of benzene rings is 6. The molecule has 14 nitrogen and oxygen atoms in total. The maximum atomic E-state index is 14.3. The Bertz CT molecular complexity index is 2750. The number of aliphatic hydroxyl groups excluding tert-OH is 1. The monoisotopic (exact) mass is 1150 g/mol. The molecule has 1 aliphatic carbocycles. The van der Waals surface area contributed by atoms with Crippen LogP contribution in [-0.4, -0.2) is 85.0 Å². The van der Waals surface area contributed by atoms with Gasteiger partial charge in [0.15, 0.2) is 12.4 Å². The molecule has 1 N–H and O–H groups in total. The van der Waals surface area contributed by atoms with Crippen LogP contribution >= 0.6 is 0 Å². The van der Waals surface area contributed by atoms with Crippen molar-refractivity contribution in [3.63, 3.8) is 0 Å². The molecule has 8 rings (SSSR count). The maximum absolute atomic E-state index is 14.3. The molecule has 1 aliphatic heterocycles. The van der Waals surface area contributed by atoms with Crippen LogP contribution < -0.4 is 0 Å². The summed E-state index contributed by atoms with van der Waals surface area (Å²) in [5.74, 6) is -0.482. The Labute approximate surface area is 497 Å². The van der Waals surface area contributed by atoms with E-state index in [1.807, 2.05) is 182 Å². The van der Waals surface area contributed by atoms with Crippen LogP contribution in [0.15, 0.2) is 187 Å². The van der Waals surface area contributed by atoms with E-state index >= 15 is 0 Å². The minimum Gasteiger partial charge on any atom is -0.457 e. The summed E-state index contributed by atoms with van der Waals surface area (Å²) >= 11 is 0. The lowest BCUT2D eigenvalue weighted by Crippen LogP contribution is -2.69. The number of azide groups is 1. The van der Waals surface area contributed by atoms with Gasteiger partial charge in [-0.2, -0.15) is 0 Å². The number of unbranched alkanes of at least 4 members (excludes halogenated alkanes) is 12. The highest BCUT2D eigenvalue weighted by molar-refractivity contribution is 5.69. The molecule has 1 heterocycles. The third kappa shape index (κ3) is 20.8. The van der Waals surface area contributed by atoms with E-state index < -0.39 is 73.2 Å². The second kappa shape index (κ2) is 36.6. The minimum absolute atomic E-state index is 0.0151. The topological polar surface area (TPSA) is 169 Å². The molecule has 0 bridgehead atoms. The SMILES string of the molecule is CCCCCCCCCCCCCCCC(=O)O[C@@H]1C(OCc2ccccc2)C(OCc2ccccc2)[C@H](OCc2ccccc2)[C@H](O[C@H]2OC(COCc3ccccc3)[C@@H](OCc3ccccc3)[C@H](OCc3ccccc3)C2N=[N+]=[N-])C1O. The highest BCUT2D eigenvalue weighted by Gasteiger charge is 2.58. The molecule has 6 aromatic rings. The summed E-state index contributed by atoms with van der Waals surface area (Å²) in [4.78, 5) is 17.7. The first-order valence-electron chi connectivity index (χ1n) is 30.6. The van der Waals surface area contributed by atoms with Crippen molar-refractivity contribution >= 4 is 5.97 Å². The lowest BCUT2D eigenvalue weighted by atomic mass is 9.83. The average molecular weight is 1150 g/mol. The van der Waals surface area contributed by atoms with Crippen LogP contribution in [0.1, 0.15) is 130 Å². The van der Waals surface area contributed by atoms with Gasteiger partial charge in [0.1, 0.15) is 54.9 Å². The van der Waals surface area contributed by atoms with E-state index in [0.29, 0.717) is 6.42 Å². The molecule has 14 heteroatoms. The van der Waals surface area contributed by atoms with Crippen molar-refractivity contribution in [3.8, 4) is 0 Å². The summed E-state index contributed by atoms with van der Waals surface area (Å²) in [5.41, 5.74) is 15.8. The zero-order valence-electron chi connectivity index (χ0n) is 48.9. The van der Waals surface area contributed by atoms with E-state index in [1.54, 1.807) is 0 Å². The summed E-state index contributed by atoms with van der Waals surface area (Å²) in [6.07, 6.45) is 3.68. The van der Waals surface area contributed by atoms with Gasteiger partial charge in [0.05, 0.1) is 46.2 Å². The Balaban J connectivity index is 1.12. The van der Waals surface area contributed by atoms with Gasteiger partial charge in [0.25, 0.3) is 0 Å². The van der Waals surface area contributed by atoms with Gasteiger partial charge in [-0.15, -0.1) is 0 Å². The molecule has 1 saturated heterocycles. The second-order valence-electron chi connectivity index (χ2n) is 22.1. The molecule has 11 atom stereocenters. The predicted molar refractivity (Wildman–Crippen MR) is 324 cm³/mol. The van der Waals surface area contributed by atoms with Gasteiger partial charge in [-0.3, -0.25) is 4.79 Å². The highest BCUT2D eigenvalue weighted by atomic mass is 16.7. The molecule has 2 fully saturated rings. The van der Waals surface area contributed by atoms with Crippen LogP contribution in [0, 0.1) is 0 Å². The number of esters is 1. The Hall–Kier alpha value is -6.26. The van der Waals surface area contributed by atoms with Crippen molar-refractivity contribution in [1.82, 2.24) is 0 Å². The molecule has 2 aliphatic rings. The van der Waals surface area contributed by atoms with Crippen molar-refractivity contribution in [2.45, 2.75) is 204 Å². The van der Waals surface area contributed by atoms with Crippen LogP contribution in [0.5, 0.6) is 0 Å². The number of carbonyl (C=O) groups excluding carboxylic acids is 1. The van der Waals surface area contributed by atoms with Gasteiger partial charge in [-0.05, 0) is 45.3 Å². The second-order valence-corrected chi connectivity index (χ2v) is 22.1. The van der Waals surface area contributed by atoms with Crippen molar-refractivity contribution in [1.29, 1.82) is 0 Å². The molecular formula is C70H87N3O11. The summed E-state index contributed by atoms with van der Waals surface area (Å²) in [7, 11) is 0. The van der Waals surface area contributed by atoms with Crippen LogP contribution in [-0.2, 0) is 87.1 Å². The minimum atomic E-state index is -1.60. The molecule has 448 valence electrons. The first-order chi connectivity index (χ1) is 41.5. The highest BCUT2D eigenvalue weighted by Crippen LogP contribution is 2.38. The summed E-state index contributed by atoms with van der Waals surface area (Å²) in [5, 5.41) is 17.6. The third-order valence-corrected chi connectivity index (χ3v) is 15.6. The van der Waals surface area contributed by atoms with Gasteiger partial charge in [-0.25, -0.2) is 0 Å². The molecule has 6 aromatic carbocycles. The Kier molecular flexibility index (Phi) is 27.7. The van der Waals surface area contributed by atoms with Crippen LogP contribution in [0.3, 0.4) is 0 Å². The Morgan fingerprint density at radius 3 is 1.20 bits per heavy atom. The molecule has 0 spiro atoms. The largest absolute Gasteiger partial charge is 0.457 e. The van der Waals surface area contributed by atoms with Crippen LogP contribution in [0.2, 0.25) is 0 Å². The van der Waals surface area contributed by atoms with Gasteiger partial charge in [-0.1, -0.05) is 271 Å². The first-order valence-corrected chi connectivity index (χ1v) is 30.6. The number of hydrogen-bond donors (Lipinski definition) is 1. The van der Waals surface area contributed by atoms with E-state index in [2.05, 4.69) is 16.9 Å². The summed E-state index contributed by atoms with van der Waals surface area (Å²) in [6.45, 7) is 3.13. The first kappa shape index (κ1) is 63.8. The third-order valence-electron chi connectivity index (χ3n) is 15.6. The smallest absolute Gasteiger partial charge is 0.306 e. The standard InChI is InChI=1S/C70H87N3O11/c1-2-3-4-5-6-7-8-9-10-11-12-13-32-45-60(74)83-65-62(75)66(68(80-50-57-41-28-18-29-42-57)69(81-51-58-43-30-19-31-44-58)67(65)79-49-56-39-26-17-27-40-56)84-70-61(72-73-71)64(78-48-55-37-24-16-25-38-55)63(77-47-54-35-22-15-23-36-54)59(82-70)52-76-46-53-33-20-14-21-34-53/h14-31,33-44,59,61-70,75H,2-13,32,45-52H2,1H3/t59?,61?,62?,63-,64-,65+,66-,67?,68-,69?,70-/m1/s1. The van der Waals surface area contributed by atoms with Crippen LogP contribution in [0.25, 0.3) is 10.4 Å². The zero-order valence-corrected chi connectivity index (χ0v) is 48.9. The van der Waals surface area contributed by atoms with E-state index in [-0.39, 0.29) is 52.7 Å². The average Bonchev–Trinajstić information content (AvgIpc) is 2.74. The normalized spacial score (nSPS) is 23.1. The molecule has 1 saturated carbocycles. The maximum Gasteiger partial charge on any atom is 0.306 e. The van der Waals surface area contributed by atoms with Crippen LogP contribution in [0.4, 0.5) is 0 Å². The van der Waals surface area contributed by atoms with E-state index in [1.165, 1.54) is 57.8 Å². The van der Waals surface area contributed by atoms with Gasteiger partial charge >= 0.3 is 5.97 Å². The number of nitrogens with zero attached hydrogens (tertiary/aromatic N) is 3. The summed E-state index contributed by atoms with van der Waals surface area (Å²) < 4.78 is 61.7. The predicted octanol–water partition coefficient (Wildman–Crippen LogP) is 14.7. The van der Waals surface area contributed by atoms with Gasteiger partial charge < -0.3 is 47.7 Å². The van der Waals surface area contributed by atoms with Gasteiger partial charge in [0, 0.05) is 11.3 Å². The van der Waals surface area contributed by atoms with E-state index in [4.69, 9.17) is 42.6 Å². The fourth-order valence-corrected chi connectivity index (χ4v) is 11.1. The molecule has 84 heavy (non-hydrogen) atoms. The van der Waals surface area contributed by atoms with E-state index in [0.717, 1.165) is 52.6 Å². The Morgan fingerprint density at radius 2 is 0.798 bits per heavy atom. The number of carbonyl (C=O) groups is 1. The number of hydrogen-bond acceptors (Lipinski definition) is 12. The fraction of sp³-hybridized carbons (Fsp3) is 0.471. The molecule has 0 amide bonds. The molecule has 5 unspecified atom stereocenters. The van der Waals surface area contributed by atoms with Gasteiger partial charge in [0.2, 0.25) is 0 Å². The molecular weight excluding hydrogens is 1060 g/mol. The van der Waals surface area contributed by atoms with Crippen molar-refractivity contribution in [3.05, 3.63) is 226 Å². The zero-order chi connectivity index (χ0) is 58.2. The van der Waals surface area contributed by atoms with Crippen molar-refractivity contribution in [2.24, 2.45) is 5.11 Å².